The van der Waals surface area contributed by atoms with E-state index in [1.165, 1.54) is 4.79 Å². The molecule has 0 aliphatic rings. The molecule has 0 spiro atoms. The molecule has 5 heteroatoms. The number of nitrogens with one attached hydrogen (secondary N) is 1. The van der Waals surface area contributed by atoms with Gasteiger partial charge in [0.05, 0.1) is 6.20 Å². The van der Waals surface area contributed by atoms with Gasteiger partial charge in [-0.15, -0.1) is 0 Å². The first-order chi connectivity index (χ1) is 6.86. The highest BCUT2D eigenvalue weighted by atomic mass is 16.2. The van der Waals surface area contributed by atoms with Crippen LogP contribution in [0.3, 0.4) is 0 Å². The van der Waals surface area contributed by atoms with Crippen molar-refractivity contribution < 1.29 is 4.79 Å². The summed E-state index contributed by atoms with van der Waals surface area (Å²) in [6.07, 6.45) is 4.79. The number of hydrogen-bond donors (Lipinski definition) is 1. The fraction of sp³-hybridized carbons (Fsp3) is 0. The van der Waals surface area contributed by atoms with Gasteiger partial charge in [-0.2, -0.15) is 9.89 Å². The lowest BCUT2D eigenvalue weighted by atomic mass is 10.3. The van der Waals surface area contributed by atoms with Crippen LogP contribution in [0.15, 0.2) is 42.9 Å². The van der Waals surface area contributed by atoms with E-state index in [0.29, 0.717) is 5.69 Å². The van der Waals surface area contributed by atoms with Crippen LogP contribution < -0.4 is 5.43 Å². The molecule has 0 bridgehead atoms. The average molecular weight is 188 g/mol. The van der Waals surface area contributed by atoms with Gasteiger partial charge >= 0.3 is 0 Å². The number of rotatable bonds is 2. The summed E-state index contributed by atoms with van der Waals surface area (Å²) in [4.78, 5) is 16.7. The van der Waals surface area contributed by atoms with E-state index in [4.69, 9.17) is 0 Å². The van der Waals surface area contributed by atoms with Crippen molar-refractivity contribution in [3.63, 3.8) is 0 Å². The third kappa shape index (κ3) is 1.77. The SMILES string of the molecule is O=C(Nn1cccn1)c1ccccn1. The van der Waals surface area contributed by atoms with Gasteiger partial charge in [0.15, 0.2) is 0 Å². The Hall–Kier alpha value is -2.17. The van der Waals surface area contributed by atoms with E-state index >= 15 is 0 Å². The first-order valence-electron chi connectivity index (χ1n) is 4.08. The Morgan fingerprint density at radius 1 is 1.29 bits per heavy atom. The molecule has 14 heavy (non-hydrogen) atoms. The van der Waals surface area contributed by atoms with Gasteiger partial charge in [0.1, 0.15) is 5.69 Å². The highest BCUT2D eigenvalue weighted by Crippen LogP contribution is 1.93. The average Bonchev–Trinajstić information content (AvgIpc) is 2.72. The van der Waals surface area contributed by atoms with Crippen LogP contribution >= 0.6 is 0 Å². The minimum Gasteiger partial charge on any atom is -0.266 e. The minimum atomic E-state index is -0.283. The molecule has 2 heterocycles. The number of nitrogens with zero attached hydrogens (tertiary/aromatic N) is 3. The van der Waals surface area contributed by atoms with Gasteiger partial charge in [0.25, 0.3) is 5.91 Å². The standard InChI is InChI=1S/C9H8N4O/c14-9(8-4-1-2-5-10-8)12-13-7-3-6-11-13/h1-7H,(H,12,14). The second-order valence-corrected chi connectivity index (χ2v) is 2.61. The van der Waals surface area contributed by atoms with Crippen LogP contribution in [0.5, 0.6) is 0 Å². The van der Waals surface area contributed by atoms with Crippen molar-refractivity contribution in [2.24, 2.45) is 0 Å². The fourth-order valence-electron chi connectivity index (χ4n) is 0.993. The minimum absolute atomic E-state index is 0.283. The molecule has 2 rings (SSSR count). The number of amides is 1. The maximum absolute atomic E-state index is 11.5. The second kappa shape index (κ2) is 3.69. The lowest BCUT2D eigenvalue weighted by Crippen LogP contribution is -2.23. The number of aromatic nitrogens is 3. The third-order valence-electron chi connectivity index (χ3n) is 1.62. The third-order valence-corrected chi connectivity index (χ3v) is 1.62. The molecule has 0 aliphatic heterocycles. The molecule has 1 amide bonds. The van der Waals surface area contributed by atoms with E-state index in [2.05, 4.69) is 15.5 Å². The lowest BCUT2D eigenvalue weighted by molar-refractivity contribution is 0.100. The van der Waals surface area contributed by atoms with Gasteiger partial charge < -0.3 is 0 Å². The van der Waals surface area contributed by atoms with Crippen LogP contribution in [-0.2, 0) is 0 Å². The highest BCUT2D eigenvalue weighted by Gasteiger charge is 2.05. The van der Waals surface area contributed by atoms with Gasteiger partial charge in [-0.3, -0.25) is 9.78 Å². The smallest absolute Gasteiger partial charge is 0.266 e. The van der Waals surface area contributed by atoms with Crippen LogP contribution in [0.4, 0.5) is 0 Å². The van der Waals surface area contributed by atoms with E-state index in [0.717, 1.165) is 0 Å². The van der Waals surface area contributed by atoms with Crippen molar-refractivity contribution >= 4 is 5.91 Å². The zero-order valence-corrected chi connectivity index (χ0v) is 7.29. The van der Waals surface area contributed by atoms with E-state index < -0.39 is 0 Å². The Kier molecular flexibility index (Phi) is 2.22. The Morgan fingerprint density at radius 2 is 2.21 bits per heavy atom. The quantitative estimate of drug-likeness (QED) is 0.753. The molecular weight excluding hydrogens is 180 g/mol. The molecule has 0 saturated carbocycles. The summed E-state index contributed by atoms with van der Waals surface area (Å²) in [5.74, 6) is -0.283. The number of pyridine rings is 1. The predicted molar refractivity (Wildman–Crippen MR) is 50.2 cm³/mol. The molecule has 5 nitrogen and oxygen atoms in total. The molecule has 70 valence electrons. The molecule has 0 atom stereocenters. The Bertz CT molecular complexity index is 410. The predicted octanol–water partition coefficient (Wildman–Crippen LogP) is 0.662. The molecule has 2 aromatic heterocycles. The van der Waals surface area contributed by atoms with Gasteiger partial charge in [0, 0.05) is 12.4 Å². The van der Waals surface area contributed by atoms with Crippen LogP contribution in [-0.4, -0.2) is 20.8 Å². The topological polar surface area (TPSA) is 59.8 Å². The molecule has 1 N–H and O–H groups in total. The van der Waals surface area contributed by atoms with Crippen molar-refractivity contribution in [3.8, 4) is 0 Å². The maximum atomic E-state index is 11.5. The van der Waals surface area contributed by atoms with Gasteiger partial charge in [0.2, 0.25) is 0 Å². The second-order valence-electron chi connectivity index (χ2n) is 2.61. The number of carbonyl (C=O) groups is 1. The summed E-state index contributed by atoms with van der Waals surface area (Å²) in [5, 5.41) is 3.84. The molecule has 0 unspecified atom stereocenters. The molecule has 2 aromatic rings. The van der Waals surface area contributed by atoms with E-state index in [1.54, 1.807) is 42.9 Å². The van der Waals surface area contributed by atoms with Crippen LogP contribution in [0.25, 0.3) is 0 Å². The summed E-state index contributed by atoms with van der Waals surface area (Å²) in [6.45, 7) is 0. The fourth-order valence-corrected chi connectivity index (χ4v) is 0.993. The zero-order chi connectivity index (χ0) is 9.80. The number of hydrogen-bond acceptors (Lipinski definition) is 3. The largest absolute Gasteiger partial charge is 0.289 e. The maximum Gasteiger partial charge on any atom is 0.289 e. The zero-order valence-electron chi connectivity index (χ0n) is 7.29. The summed E-state index contributed by atoms with van der Waals surface area (Å²) in [7, 11) is 0. The van der Waals surface area contributed by atoms with Crippen molar-refractivity contribution in [1.29, 1.82) is 0 Å². The molecule has 0 aromatic carbocycles. The van der Waals surface area contributed by atoms with Crippen molar-refractivity contribution in [1.82, 2.24) is 14.9 Å². The first-order valence-corrected chi connectivity index (χ1v) is 4.08. The summed E-state index contributed by atoms with van der Waals surface area (Å²) in [6, 6.07) is 6.87. The first kappa shape index (κ1) is 8.43. The molecule has 0 radical (unpaired) electrons. The van der Waals surface area contributed by atoms with Gasteiger partial charge in [-0.1, -0.05) is 6.07 Å². The van der Waals surface area contributed by atoms with E-state index in [-0.39, 0.29) is 5.91 Å². The number of carbonyl (C=O) groups excluding carboxylic acids is 1. The Morgan fingerprint density at radius 3 is 2.86 bits per heavy atom. The van der Waals surface area contributed by atoms with Crippen molar-refractivity contribution in [2.75, 3.05) is 5.43 Å². The van der Waals surface area contributed by atoms with E-state index in [9.17, 15) is 4.79 Å². The van der Waals surface area contributed by atoms with E-state index in [1.807, 2.05) is 0 Å². The Labute approximate surface area is 80.4 Å². The molecule has 0 aliphatic carbocycles. The van der Waals surface area contributed by atoms with Gasteiger partial charge in [-0.25, -0.2) is 5.43 Å². The van der Waals surface area contributed by atoms with Crippen LogP contribution in [0, 0.1) is 0 Å². The van der Waals surface area contributed by atoms with Crippen LogP contribution in [0.2, 0.25) is 0 Å². The normalized spacial score (nSPS) is 9.71. The summed E-state index contributed by atoms with van der Waals surface area (Å²) in [5.41, 5.74) is 2.91. The van der Waals surface area contributed by atoms with Crippen molar-refractivity contribution in [2.45, 2.75) is 0 Å². The van der Waals surface area contributed by atoms with Crippen molar-refractivity contribution in [3.05, 3.63) is 48.5 Å². The van der Waals surface area contributed by atoms with Crippen LogP contribution in [0.1, 0.15) is 10.5 Å². The lowest BCUT2D eigenvalue weighted by Gasteiger charge is -2.02. The van der Waals surface area contributed by atoms with Gasteiger partial charge in [-0.05, 0) is 18.2 Å². The highest BCUT2D eigenvalue weighted by molar-refractivity contribution is 5.98. The Balaban J connectivity index is 2.11. The summed E-state index contributed by atoms with van der Waals surface area (Å²) >= 11 is 0. The molecular formula is C9H8N4O. The summed E-state index contributed by atoms with van der Waals surface area (Å²) < 4.78 is 0. The monoisotopic (exact) mass is 188 g/mol. The molecule has 0 fully saturated rings. The molecule has 0 saturated heterocycles.